The van der Waals surface area contributed by atoms with Gasteiger partial charge in [0.15, 0.2) is 0 Å². The molecule has 0 radical (unpaired) electrons. The molecule has 4 bridgehead atoms. The first-order chi connectivity index (χ1) is 27.6. The summed E-state index contributed by atoms with van der Waals surface area (Å²) in [6.07, 6.45) is 1.79. The van der Waals surface area contributed by atoms with Crippen LogP contribution in [0.25, 0.3) is 43.1 Å². The van der Waals surface area contributed by atoms with Crippen molar-refractivity contribution in [2.45, 2.75) is 32.2 Å². The number of nitrogens with zero attached hydrogens (tertiary/aromatic N) is 2. The average molecular weight is 1030 g/mol. The number of anilines is 2. The first-order valence-corrected chi connectivity index (χ1v) is 23.9. The Bertz CT molecular complexity index is 2260. The lowest BCUT2D eigenvalue weighted by Crippen LogP contribution is -2.37. The Kier molecular flexibility index (Phi) is 8.83. The third-order valence-corrected chi connectivity index (χ3v) is 21.5. The summed E-state index contributed by atoms with van der Waals surface area (Å²) in [5.41, 5.74) is 7.50. The standard InChI is InChI=1S/C46H34Br4N2O4S/c47-37-27-19-28(38(37)48)34-33(27)43(53)51(44(34)54)25-15-11-23(12-16-25)41-31(21-7-3-1-4-8-21)32(22-9-5-2-6-10-22)42(57-41)24-13-17-26(18-14-24)52-45(55)35-29-20-30(36(35)46(52)56)40(50)39(29)49/h1-18,27-30,33-40H,19-20H2/t27?,28?,29?,30?,33?,34?,35?,36?,37-,38-,39-,40-/m0/s1. The lowest BCUT2D eigenvalue weighted by Gasteiger charge is -2.28. The number of imide groups is 2. The quantitative estimate of drug-likeness (QED) is 0.125. The molecule has 4 aliphatic carbocycles. The molecule has 8 unspecified atom stereocenters. The number of hydrogen-bond donors (Lipinski definition) is 0. The molecular formula is C46H34Br4N2O4S. The summed E-state index contributed by atoms with van der Waals surface area (Å²) in [6.45, 7) is 0. The number of alkyl halides is 4. The Morgan fingerprint density at radius 3 is 1.00 bits per heavy atom. The predicted octanol–water partition coefficient (Wildman–Crippen LogP) is 11.0. The van der Waals surface area contributed by atoms with E-state index in [1.807, 2.05) is 84.9 Å². The lowest BCUT2D eigenvalue weighted by atomic mass is 9.81. The van der Waals surface area contributed by atoms with Crippen molar-refractivity contribution >= 4 is 110 Å². The van der Waals surface area contributed by atoms with Crippen LogP contribution in [-0.2, 0) is 19.2 Å². The minimum absolute atomic E-state index is 0.0835. The summed E-state index contributed by atoms with van der Waals surface area (Å²) in [5, 5.41) is 0. The topological polar surface area (TPSA) is 74.8 Å². The van der Waals surface area contributed by atoms with Crippen LogP contribution in [0.4, 0.5) is 11.4 Å². The Morgan fingerprint density at radius 2 is 0.702 bits per heavy atom. The molecule has 57 heavy (non-hydrogen) atoms. The number of carbonyl (C=O) groups excluding carboxylic acids is 4. The number of carbonyl (C=O) groups is 4. The maximum absolute atomic E-state index is 13.9. The minimum Gasteiger partial charge on any atom is -0.274 e. The molecule has 11 rings (SSSR count). The van der Waals surface area contributed by atoms with Crippen LogP contribution in [-0.4, -0.2) is 42.9 Å². The van der Waals surface area contributed by atoms with Crippen molar-refractivity contribution in [1.82, 2.24) is 0 Å². The van der Waals surface area contributed by atoms with Gasteiger partial charge >= 0.3 is 0 Å². The van der Waals surface area contributed by atoms with Gasteiger partial charge in [-0.15, -0.1) is 11.3 Å². The van der Waals surface area contributed by atoms with E-state index in [-0.39, 0.29) is 90.3 Å². The van der Waals surface area contributed by atoms with E-state index < -0.39 is 0 Å². The van der Waals surface area contributed by atoms with Gasteiger partial charge in [-0.1, -0.05) is 149 Å². The average Bonchev–Trinajstić information content (AvgIpc) is 4.10. The van der Waals surface area contributed by atoms with E-state index in [2.05, 4.69) is 88.0 Å². The highest BCUT2D eigenvalue weighted by atomic mass is 79.9. The normalized spacial score (nSPS) is 33.5. The van der Waals surface area contributed by atoms with Crippen LogP contribution in [0.2, 0.25) is 0 Å². The first kappa shape index (κ1) is 36.8. The Morgan fingerprint density at radius 1 is 0.404 bits per heavy atom. The van der Waals surface area contributed by atoms with Crippen molar-refractivity contribution in [2.24, 2.45) is 47.3 Å². The van der Waals surface area contributed by atoms with E-state index in [9.17, 15) is 19.2 Å². The van der Waals surface area contributed by atoms with E-state index in [1.165, 1.54) is 9.80 Å². The summed E-state index contributed by atoms with van der Waals surface area (Å²) in [5.74, 6) is -0.804. The van der Waals surface area contributed by atoms with Crippen molar-refractivity contribution < 1.29 is 19.2 Å². The highest BCUT2D eigenvalue weighted by Crippen LogP contribution is 2.62. The van der Waals surface area contributed by atoms with E-state index in [1.54, 1.807) is 11.3 Å². The lowest BCUT2D eigenvalue weighted by molar-refractivity contribution is -0.124. The van der Waals surface area contributed by atoms with E-state index in [4.69, 9.17) is 0 Å². The van der Waals surface area contributed by atoms with Crippen LogP contribution >= 0.6 is 75.1 Å². The van der Waals surface area contributed by atoms with Crippen molar-refractivity contribution in [2.75, 3.05) is 9.80 Å². The molecule has 1 aromatic heterocycles. The van der Waals surface area contributed by atoms with Gasteiger partial charge in [0.2, 0.25) is 23.6 Å². The number of thiophene rings is 1. The van der Waals surface area contributed by atoms with Gasteiger partial charge in [-0.2, -0.15) is 0 Å². The third-order valence-electron chi connectivity index (χ3n) is 13.8. The summed E-state index contributed by atoms with van der Waals surface area (Å²) >= 11 is 16.9. The van der Waals surface area contributed by atoms with E-state index in [0.29, 0.717) is 11.4 Å². The zero-order valence-electron chi connectivity index (χ0n) is 30.2. The summed E-state index contributed by atoms with van der Waals surface area (Å²) in [7, 11) is 0. The fourth-order valence-electron chi connectivity index (χ4n) is 11.3. The van der Waals surface area contributed by atoms with Crippen molar-refractivity contribution in [1.29, 1.82) is 0 Å². The zero-order chi connectivity index (χ0) is 39.0. The highest BCUT2D eigenvalue weighted by Gasteiger charge is 2.67. The Balaban J connectivity index is 0.981. The molecule has 6 fully saturated rings. The molecule has 4 saturated carbocycles. The number of hydrogen-bond acceptors (Lipinski definition) is 5. The van der Waals surface area contributed by atoms with Gasteiger partial charge in [0.05, 0.1) is 35.0 Å². The fraction of sp³-hybridized carbons (Fsp3) is 0.304. The molecule has 0 spiro atoms. The number of rotatable bonds is 6. The fourth-order valence-corrected chi connectivity index (χ4v) is 16.4. The van der Waals surface area contributed by atoms with Crippen LogP contribution < -0.4 is 9.80 Å². The van der Waals surface area contributed by atoms with Crippen molar-refractivity contribution in [3.8, 4) is 43.1 Å². The summed E-state index contributed by atoms with van der Waals surface area (Å²) in [4.78, 5) is 61.2. The SMILES string of the molecule is O=C1C2C(C(=O)N1c1ccc(-c3sc(-c4ccc(N5C(=O)C6C(C5=O)C5CC6[C@H](Br)[C@H]5Br)cc4)c(-c4ccccc4)c3-c3ccccc3)cc1)C1CC2[C@H](Br)[C@H]1Br. The highest BCUT2D eigenvalue weighted by molar-refractivity contribution is 9.12. The van der Waals surface area contributed by atoms with Crippen molar-refractivity contribution in [3.63, 3.8) is 0 Å². The van der Waals surface area contributed by atoms with Crippen LogP contribution in [0.1, 0.15) is 12.8 Å². The molecule has 2 aliphatic heterocycles. The van der Waals surface area contributed by atoms with Crippen LogP contribution in [0, 0.1) is 47.3 Å². The Labute approximate surface area is 367 Å². The van der Waals surface area contributed by atoms with Gasteiger partial charge in [-0.3, -0.25) is 29.0 Å². The largest absolute Gasteiger partial charge is 0.274 e. The monoisotopic (exact) mass is 1030 g/mol. The second kappa shape index (κ2) is 13.7. The molecule has 5 aromatic rings. The second-order valence-corrected chi connectivity index (χ2v) is 21.6. The summed E-state index contributed by atoms with van der Waals surface area (Å²) < 4.78 is 0. The molecule has 286 valence electrons. The molecule has 4 amide bonds. The van der Waals surface area contributed by atoms with Gasteiger partial charge in [-0.25, -0.2) is 0 Å². The van der Waals surface area contributed by atoms with E-state index >= 15 is 0 Å². The van der Waals surface area contributed by atoms with Gasteiger partial charge in [0.25, 0.3) is 0 Å². The van der Waals surface area contributed by atoms with Crippen LogP contribution in [0.5, 0.6) is 0 Å². The molecule has 2 saturated heterocycles. The molecule has 0 N–H and O–H groups in total. The van der Waals surface area contributed by atoms with E-state index in [0.717, 1.165) is 56.0 Å². The molecule has 11 heteroatoms. The molecular weight excluding hydrogens is 996 g/mol. The van der Waals surface area contributed by atoms with Gasteiger partial charge in [-0.05, 0) is 83.0 Å². The minimum atomic E-state index is -0.274. The van der Waals surface area contributed by atoms with Gasteiger partial charge < -0.3 is 0 Å². The number of amides is 4. The number of benzene rings is 4. The molecule has 6 nitrogen and oxygen atoms in total. The smallest absolute Gasteiger partial charge is 0.238 e. The van der Waals surface area contributed by atoms with Gasteiger partial charge in [0.1, 0.15) is 0 Å². The number of halogens is 4. The van der Waals surface area contributed by atoms with Crippen molar-refractivity contribution in [3.05, 3.63) is 109 Å². The predicted molar refractivity (Wildman–Crippen MR) is 239 cm³/mol. The molecule has 3 heterocycles. The zero-order valence-corrected chi connectivity index (χ0v) is 37.3. The number of fused-ring (bicyclic) bond motifs is 10. The molecule has 4 aromatic carbocycles. The molecule has 6 aliphatic rings. The van der Waals surface area contributed by atoms with Gasteiger partial charge in [0, 0.05) is 40.2 Å². The Hall–Kier alpha value is -3.22. The third kappa shape index (κ3) is 5.26. The van der Waals surface area contributed by atoms with Crippen LogP contribution in [0.15, 0.2) is 109 Å². The maximum Gasteiger partial charge on any atom is 0.238 e. The molecule has 12 atom stereocenters. The van der Waals surface area contributed by atoms with Crippen LogP contribution in [0.3, 0.4) is 0 Å². The second-order valence-electron chi connectivity index (χ2n) is 16.4. The summed E-state index contributed by atoms with van der Waals surface area (Å²) in [6, 6.07) is 36.5. The first-order valence-electron chi connectivity index (χ1n) is 19.4. The maximum atomic E-state index is 13.9.